The van der Waals surface area contributed by atoms with Crippen LogP contribution in [0.5, 0.6) is 0 Å². The summed E-state index contributed by atoms with van der Waals surface area (Å²) in [7, 11) is 0. The average Bonchev–Trinajstić information content (AvgIpc) is 2.36. The summed E-state index contributed by atoms with van der Waals surface area (Å²) in [6.45, 7) is 4.74. The minimum Gasteiger partial charge on any atom is -0.481 e. The maximum Gasteiger partial charge on any atom is 0.317 e. The van der Waals surface area contributed by atoms with Crippen molar-refractivity contribution in [3.63, 3.8) is 0 Å². The summed E-state index contributed by atoms with van der Waals surface area (Å²) >= 11 is 0. The molecule has 0 saturated carbocycles. The minimum absolute atomic E-state index is 0.0730. The lowest BCUT2D eigenvalue weighted by molar-refractivity contribution is -0.137. The number of aliphatic hydroxyl groups excluding tert-OH is 1. The smallest absolute Gasteiger partial charge is 0.317 e. The zero-order valence-corrected chi connectivity index (χ0v) is 11.3. The third-order valence-corrected chi connectivity index (χ3v) is 2.60. The fourth-order valence-electron chi connectivity index (χ4n) is 1.61. The van der Waals surface area contributed by atoms with Crippen molar-refractivity contribution in [3.05, 3.63) is 12.7 Å². The molecule has 0 bridgehead atoms. The Morgan fingerprint density at radius 1 is 1.21 bits per heavy atom. The molecule has 0 heterocycles. The van der Waals surface area contributed by atoms with E-state index in [0.717, 1.165) is 19.3 Å². The summed E-state index contributed by atoms with van der Waals surface area (Å²) in [5.74, 6) is -0.766. The van der Waals surface area contributed by atoms with Crippen LogP contribution in [0.25, 0.3) is 0 Å². The van der Waals surface area contributed by atoms with Crippen LogP contribution < -0.4 is 5.32 Å². The number of hydrogen-bond donors (Lipinski definition) is 3. The van der Waals surface area contributed by atoms with Crippen molar-refractivity contribution in [2.24, 2.45) is 0 Å². The van der Waals surface area contributed by atoms with Crippen LogP contribution in [-0.2, 0) is 4.79 Å². The highest BCUT2D eigenvalue weighted by atomic mass is 16.4. The first-order valence-corrected chi connectivity index (χ1v) is 6.58. The molecule has 2 amide bonds. The molecule has 0 unspecified atom stereocenters. The molecule has 0 atom stereocenters. The van der Waals surface area contributed by atoms with Gasteiger partial charge in [0.2, 0.25) is 0 Å². The molecule has 0 radical (unpaired) electrons. The number of hydrogen-bond acceptors (Lipinski definition) is 3. The van der Waals surface area contributed by atoms with Gasteiger partial charge in [0.1, 0.15) is 0 Å². The molecule has 0 saturated heterocycles. The van der Waals surface area contributed by atoms with Crippen molar-refractivity contribution in [1.82, 2.24) is 10.2 Å². The van der Waals surface area contributed by atoms with Gasteiger partial charge in [0.25, 0.3) is 0 Å². The topological polar surface area (TPSA) is 89.9 Å². The number of carbonyl (C=O) groups excluding carboxylic acids is 1. The van der Waals surface area contributed by atoms with Gasteiger partial charge in [0, 0.05) is 26.1 Å². The molecule has 6 nitrogen and oxygen atoms in total. The highest BCUT2D eigenvalue weighted by molar-refractivity contribution is 5.74. The van der Waals surface area contributed by atoms with E-state index in [2.05, 4.69) is 11.9 Å². The van der Waals surface area contributed by atoms with E-state index in [9.17, 15) is 9.59 Å². The normalized spacial score (nSPS) is 9.95. The van der Waals surface area contributed by atoms with Gasteiger partial charge < -0.3 is 20.4 Å². The van der Waals surface area contributed by atoms with Gasteiger partial charge in [-0.2, -0.15) is 0 Å². The van der Waals surface area contributed by atoms with E-state index in [-0.39, 0.29) is 25.6 Å². The molecule has 0 aliphatic heterocycles. The number of carboxylic acid groups (broad SMARTS) is 1. The molecule has 0 fully saturated rings. The Balaban J connectivity index is 3.60. The Hall–Kier alpha value is -1.56. The second-order valence-electron chi connectivity index (χ2n) is 4.25. The highest BCUT2D eigenvalue weighted by Gasteiger charge is 2.09. The lowest BCUT2D eigenvalue weighted by atomic mass is 10.1. The van der Waals surface area contributed by atoms with Crippen molar-refractivity contribution in [1.29, 1.82) is 0 Å². The predicted molar refractivity (Wildman–Crippen MR) is 73.0 cm³/mol. The number of nitrogens with one attached hydrogen (secondary N) is 1. The molecule has 0 aromatic rings. The van der Waals surface area contributed by atoms with Crippen LogP contribution in [0.1, 0.15) is 32.1 Å². The molecule has 110 valence electrons. The zero-order valence-electron chi connectivity index (χ0n) is 11.3. The van der Waals surface area contributed by atoms with Gasteiger partial charge in [-0.05, 0) is 12.8 Å². The SMILES string of the molecule is C=CCN(CCO)C(=O)NCCCCCCC(=O)O. The third kappa shape index (κ3) is 10.1. The van der Waals surface area contributed by atoms with Crippen LogP contribution >= 0.6 is 0 Å². The van der Waals surface area contributed by atoms with Crippen LogP contribution in [-0.4, -0.2) is 53.4 Å². The summed E-state index contributed by atoms with van der Waals surface area (Å²) < 4.78 is 0. The molecular formula is C13H24N2O4. The summed E-state index contributed by atoms with van der Waals surface area (Å²) in [5.41, 5.74) is 0. The summed E-state index contributed by atoms with van der Waals surface area (Å²) in [5, 5.41) is 20.0. The Morgan fingerprint density at radius 2 is 1.89 bits per heavy atom. The van der Waals surface area contributed by atoms with E-state index in [1.807, 2.05) is 0 Å². The van der Waals surface area contributed by atoms with Crippen LogP contribution in [0.4, 0.5) is 4.79 Å². The lowest BCUT2D eigenvalue weighted by Crippen LogP contribution is -2.41. The van der Waals surface area contributed by atoms with E-state index in [0.29, 0.717) is 19.5 Å². The Labute approximate surface area is 114 Å². The Bertz CT molecular complexity index is 282. The third-order valence-electron chi connectivity index (χ3n) is 2.60. The molecule has 0 aromatic carbocycles. The molecule has 6 heteroatoms. The van der Waals surface area contributed by atoms with Gasteiger partial charge in [-0.1, -0.05) is 18.9 Å². The number of carboxylic acids is 1. The first-order chi connectivity index (χ1) is 9.11. The molecule has 0 aliphatic rings. The zero-order chi connectivity index (χ0) is 14.5. The number of aliphatic hydroxyl groups is 1. The molecular weight excluding hydrogens is 248 g/mol. The first-order valence-electron chi connectivity index (χ1n) is 6.58. The average molecular weight is 272 g/mol. The second-order valence-corrected chi connectivity index (χ2v) is 4.25. The van der Waals surface area contributed by atoms with Crippen LogP contribution in [0.3, 0.4) is 0 Å². The van der Waals surface area contributed by atoms with Crippen molar-refractivity contribution < 1.29 is 19.8 Å². The maximum atomic E-state index is 11.7. The number of amides is 2. The van der Waals surface area contributed by atoms with E-state index in [4.69, 9.17) is 10.2 Å². The van der Waals surface area contributed by atoms with Crippen LogP contribution in [0, 0.1) is 0 Å². The predicted octanol–water partition coefficient (Wildman–Crippen LogP) is 1.21. The monoisotopic (exact) mass is 272 g/mol. The number of unbranched alkanes of at least 4 members (excludes halogenated alkanes) is 3. The van der Waals surface area contributed by atoms with Gasteiger partial charge >= 0.3 is 12.0 Å². The van der Waals surface area contributed by atoms with Gasteiger partial charge in [-0.3, -0.25) is 4.79 Å². The van der Waals surface area contributed by atoms with Crippen molar-refractivity contribution >= 4 is 12.0 Å². The highest BCUT2D eigenvalue weighted by Crippen LogP contribution is 2.02. The van der Waals surface area contributed by atoms with E-state index in [1.165, 1.54) is 4.90 Å². The quantitative estimate of drug-likeness (QED) is 0.389. The molecule has 3 N–H and O–H groups in total. The van der Waals surface area contributed by atoms with E-state index < -0.39 is 5.97 Å². The summed E-state index contributed by atoms with van der Waals surface area (Å²) in [4.78, 5) is 23.4. The number of rotatable bonds is 11. The maximum absolute atomic E-state index is 11.7. The van der Waals surface area contributed by atoms with Crippen molar-refractivity contribution in [2.75, 3.05) is 26.2 Å². The lowest BCUT2D eigenvalue weighted by Gasteiger charge is -2.20. The van der Waals surface area contributed by atoms with E-state index in [1.54, 1.807) is 6.08 Å². The van der Waals surface area contributed by atoms with Gasteiger partial charge in [-0.15, -0.1) is 6.58 Å². The number of carbonyl (C=O) groups is 2. The summed E-state index contributed by atoms with van der Waals surface area (Å²) in [6.07, 6.45) is 5.07. The Morgan fingerprint density at radius 3 is 2.47 bits per heavy atom. The largest absolute Gasteiger partial charge is 0.481 e. The first kappa shape index (κ1) is 17.4. The molecule has 0 aliphatic carbocycles. The Kier molecular flexibility index (Phi) is 10.6. The number of urea groups is 1. The second kappa shape index (κ2) is 11.5. The van der Waals surface area contributed by atoms with Crippen LogP contribution in [0.15, 0.2) is 12.7 Å². The van der Waals surface area contributed by atoms with E-state index >= 15 is 0 Å². The number of nitrogens with zero attached hydrogens (tertiary/aromatic N) is 1. The van der Waals surface area contributed by atoms with Crippen LogP contribution in [0.2, 0.25) is 0 Å². The fourth-order valence-corrected chi connectivity index (χ4v) is 1.61. The van der Waals surface area contributed by atoms with Crippen molar-refractivity contribution in [3.8, 4) is 0 Å². The molecule has 19 heavy (non-hydrogen) atoms. The fraction of sp³-hybridized carbons (Fsp3) is 0.692. The number of aliphatic carboxylic acids is 1. The summed E-state index contributed by atoms with van der Waals surface area (Å²) in [6, 6.07) is -0.209. The molecule has 0 spiro atoms. The van der Waals surface area contributed by atoms with Gasteiger partial charge in [0.05, 0.1) is 6.61 Å². The standard InChI is InChI=1S/C13H24N2O4/c1-2-9-15(10-11-16)13(19)14-8-6-4-3-5-7-12(17)18/h2,16H,1,3-11H2,(H,14,19)(H,17,18). The van der Waals surface area contributed by atoms with Gasteiger partial charge in [-0.25, -0.2) is 4.79 Å². The minimum atomic E-state index is -0.766. The molecule has 0 rings (SSSR count). The van der Waals surface area contributed by atoms with Crippen molar-refractivity contribution in [2.45, 2.75) is 32.1 Å². The van der Waals surface area contributed by atoms with Gasteiger partial charge in [0.15, 0.2) is 0 Å². The molecule has 0 aromatic heterocycles.